The maximum absolute atomic E-state index is 2.71. The van der Waals surface area contributed by atoms with E-state index in [2.05, 4.69) is 13.8 Å². The lowest BCUT2D eigenvalue weighted by Gasteiger charge is -2.42. The molecule has 5 saturated carbocycles. The zero-order chi connectivity index (χ0) is 28.3. The normalized spacial score (nSPS) is 29.1. The molecule has 0 N–H and O–H groups in total. The fraction of sp³-hybridized carbons (Fsp3) is 1.00. The van der Waals surface area contributed by atoms with Crippen molar-refractivity contribution in [3.8, 4) is 0 Å². The van der Waals surface area contributed by atoms with E-state index in [-0.39, 0.29) is 0 Å². The van der Waals surface area contributed by atoms with E-state index in [1.165, 1.54) is 83.5 Å². The summed E-state index contributed by atoms with van der Waals surface area (Å²) in [5.74, 6) is 10.4. The highest BCUT2D eigenvalue weighted by atomic mass is 14.4. The highest BCUT2D eigenvalue weighted by Gasteiger charge is 2.37. The van der Waals surface area contributed by atoms with Crippen molar-refractivity contribution < 1.29 is 0 Å². The van der Waals surface area contributed by atoms with E-state index >= 15 is 0 Å². The van der Waals surface area contributed by atoms with Crippen LogP contribution in [0.1, 0.15) is 200 Å². The van der Waals surface area contributed by atoms with Crippen LogP contribution in [0.2, 0.25) is 0 Å². The number of hydrogen-bond acceptors (Lipinski definition) is 0. The molecule has 238 valence electrons. The van der Waals surface area contributed by atoms with Gasteiger partial charge in [0.25, 0.3) is 0 Å². The molecule has 5 fully saturated rings. The quantitative estimate of drug-likeness (QED) is 0.208. The van der Waals surface area contributed by atoms with Gasteiger partial charge in [-0.25, -0.2) is 0 Å². The minimum absolute atomic E-state index is 0.981. The zero-order valence-electron chi connectivity index (χ0n) is 28.3. The Morgan fingerprint density at radius 2 is 0.512 bits per heavy atom. The Kier molecular flexibility index (Phi) is 13.8. The first-order valence-corrected chi connectivity index (χ1v) is 20.2. The van der Waals surface area contributed by atoms with Gasteiger partial charge in [-0.3, -0.25) is 0 Å². The van der Waals surface area contributed by atoms with Crippen molar-refractivity contribution in [1.82, 2.24) is 0 Å². The molecule has 0 heterocycles. The average molecular weight is 567 g/mol. The molecule has 0 aromatic carbocycles. The minimum Gasteiger partial charge on any atom is -0.0622 e. The Labute approximate surface area is 258 Å². The molecule has 5 aliphatic rings. The summed E-state index contributed by atoms with van der Waals surface area (Å²) in [6, 6.07) is 0. The summed E-state index contributed by atoms with van der Waals surface area (Å²) >= 11 is 0. The van der Waals surface area contributed by atoms with Gasteiger partial charge in [0.2, 0.25) is 0 Å². The first kappa shape index (κ1) is 32.4. The minimum atomic E-state index is 0.981. The molecular weight excluding hydrogens is 492 g/mol. The van der Waals surface area contributed by atoms with Crippen molar-refractivity contribution >= 4 is 0 Å². The van der Waals surface area contributed by atoms with E-state index in [1.54, 1.807) is 103 Å². The van der Waals surface area contributed by atoms with Crippen LogP contribution in [0.25, 0.3) is 0 Å². The van der Waals surface area contributed by atoms with E-state index in [9.17, 15) is 0 Å². The molecular formula is C41H74. The Balaban J connectivity index is 1.32. The molecule has 5 rings (SSSR count). The van der Waals surface area contributed by atoms with Crippen LogP contribution >= 0.6 is 0 Å². The molecule has 0 saturated heterocycles. The van der Waals surface area contributed by atoms with Gasteiger partial charge >= 0.3 is 0 Å². The topological polar surface area (TPSA) is 0 Å². The summed E-state index contributed by atoms with van der Waals surface area (Å²) in [5.41, 5.74) is 0. The summed E-state index contributed by atoms with van der Waals surface area (Å²) in [6.07, 6.45) is 45.0. The molecule has 0 bridgehead atoms. The highest BCUT2D eigenvalue weighted by molar-refractivity contribution is 4.88. The third-order valence-electron chi connectivity index (χ3n) is 14.4. The lowest BCUT2D eigenvalue weighted by atomic mass is 9.63. The summed E-state index contributed by atoms with van der Waals surface area (Å²) < 4.78 is 0. The molecule has 0 aromatic heterocycles. The van der Waals surface area contributed by atoms with Gasteiger partial charge in [-0.1, -0.05) is 174 Å². The van der Waals surface area contributed by atoms with Crippen molar-refractivity contribution in [1.29, 1.82) is 0 Å². The van der Waals surface area contributed by atoms with Crippen LogP contribution in [0.3, 0.4) is 0 Å². The van der Waals surface area contributed by atoms with Crippen LogP contribution in [0.5, 0.6) is 0 Å². The molecule has 0 nitrogen and oxygen atoms in total. The van der Waals surface area contributed by atoms with Crippen LogP contribution in [0.4, 0.5) is 0 Å². The van der Waals surface area contributed by atoms with Gasteiger partial charge in [0, 0.05) is 0 Å². The molecule has 0 heteroatoms. The van der Waals surface area contributed by atoms with Crippen molar-refractivity contribution in [3.05, 3.63) is 0 Å². The van der Waals surface area contributed by atoms with Crippen LogP contribution in [-0.2, 0) is 0 Å². The molecule has 0 aliphatic heterocycles. The third-order valence-corrected chi connectivity index (χ3v) is 14.4. The van der Waals surface area contributed by atoms with Crippen LogP contribution < -0.4 is 0 Å². The van der Waals surface area contributed by atoms with Gasteiger partial charge in [0.1, 0.15) is 0 Å². The fourth-order valence-electron chi connectivity index (χ4n) is 11.8. The van der Waals surface area contributed by atoms with Gasteiger partial charge in [-0.05, 0) is 84.9 Å². The smallest absolute Gasteiger partial charge is 0.0380 e. The average Bonchev–Trinajstić information content (AvgIpc) is 3.05. The predicted octanol–water partition coefficient (Wildman–Crippen LogP) is 13.6. The molecule has 0 spiro atoms. The summed E-state index contributed by atoms with van der Waals surface area (Å²) in [4.78, 5) is 0. The van der Waals surface area contributed by atoms with Gasteiger partial charge in [0.15, 0.2) is 0 Å². The lowest BCUT2D eigenvalue weighted by molar-refractivity contribution is 0.0836. The Morgan fingerprint density at radius 3 is 0.780 bits per heavy atom. The largest absolute Gasteiger partial charge is 0.0622 e. The molecule has 5 aliphatic carbocycles. The van der Waals surface area contributed by atoms with E-state index in [1.807, 2.05) is 0 Å². The highest BCUT2D eigenvalue weighted by Crippen LogP contribution is 2.48. The van der Waals surface area contributed by atoms with Gasteiger partial charge < -0.3 is 0 Å². The van der Waals surface area contributed by atoms with E-state index in [4.69, 9.17) is 0 Å². The molecule has 0 amide bonds. The van der Waals surface area contributed by atoms with Crippen molar-refractivity contribution in [2.75, 3.05) is 0 Å². The first-order valence-electron chi connectivity index (χ1n) is 20.2. The second kappa shape index (κ2) is 17.5. The maximum atomic E-state index is 2.71. The monoisotopic (exact) mass is 567 g/mol. The molecule has 4 unspecified atom stereocenters. The Bertz CT molecular complexity index is 614. The number of rotatable bonds is 13. The Morgan fingerprint density at radius 1 is 0.293 bits per heavy atom. The second-order valence-electron chi connectivity index (χ2n) is 17.2. The third kappa shape index (κ3) is 10.0. The molecule has 41 heavy (non-hydrogen) atoms. The van der Waals surface area contributed by atoms with Gasteiger partial charge in [-0.15, -0.1) is 0 Å². The second-order valence-corrected chi connectivity index (χ2v) is 17.2. The van der Waals surface area contributed by atoms with Crippen LogP contribution in [-0.4, -0.2) is 0 Å². The first-order chi connectivity index (χ1) is 20.2. The van der Waals surface area contributed by atoms with Crippen LogP contribution in [0.15, 0.2) is 0 Å². The SMILES string of the molecule is CC(CC(CC(CC(CC(C)C1CCCCC1)C1CCCCC1)C1CCCCC1)C1CCCCC1)C1CCCCC1. The molecule has 0 aromatic rings. The standard InChI is InChI=1S/C41H74/c1-32(34-18-8-3-9-19-34)28-39(36-22-12-5-13-23-36)30-41(38-26-16-7-17-27-38)31-40(37-24-14-6-15-25-37)29-33(2)35-20-10-4-11-21-35/h32-41H,3-31H2,1-2H3. The fourth-order valence-corrected chi connectivity index (χ4v) is 11.8. The zero-order valence-corrected chi connectivity index (χ0v) is 28.3. The van der Waals surface area contributed by atoms with Gasteiger partial charge in [0.05, 0.1) is 0 Å². The summed E-state index contributed by atoms with van der Waals surface area (Å²) in [7, 11) is 0. The van der Waals surface area contributed by atoms with E-state index in [0.29, 0.717) is 0 Å². The molecule has 4 atom stereocenters. The lowest BCUT2D eigenvalue weighted by Crippen LogP contribution is -2.32. The van der Waals surface area contributed by atoms with Crippen molar-refractivity contribution in [3.63, 3.8) is 0 Å². The maximum Gasteiger partial charge on any atom is -0.0380 e. The van der Waals surface area contributed by atoms with Gasteiger partial charge in [-0.2, -0.15) is 0 Å². The van der Waals surface area contributed by atoms with E-state index in [0.717, 1.165) is 59.2 Å². The summed E-state index contributed by atoms with van der Waals surface area (Å²) in [5, 5.41) is 0. The summed E-state index contributed by atoms with van der Waals surface area (Å²) in [6.45, 7) is 5.41. The number of hydrogen-bond donors (Lipinski definition) is 0. The van der Waals surface area contributed by atoms with E-state index < -0.39 is 0 Å². The van der Waals surface area contributed by atoms with Crippen LogP contribution in [0, 0.1) is 59.2 Å². The Hall–Kier alpha value is 0. The van der Waals surface area contributed by atoms with Crippen molar-refractivity contribution in [2.24, 2.45) is 59.2 Å². The molecule has 0 radical (unpaired) electrons. The predicted molar refractivity (Wildman–Crippen MR) is 180 cm³/mol. The van der Waals surface area contributed by atoms with Crippen molar-refractivity contribution in [2.45, 2.75) is 200 Å².